The number of carbonyl (C=O) groups excluding carboxylic acids is 1. The fourth-order valence-electron chi connectivity index (χ4n) is 2.27. The monoisotopic (exact) mass is 316 g/mol. The van der Waals surface area contributed by atoms with E-state index in [-0.39, 0.29) is 6.54 Å². The number of rotatable bonds is 4. The van der Waals surface area contributed by atoms with E-state index in [1.165, 1.54) is 19.2 Å². The molecule has 0 spiro atoms. The van der Waals surface area contributed by atoms with Crippen molar-refractivity contribution in [2.24, 2.45) is 0 Å². The molecule has 5 nitrogen and oxygen atoms in total. The van der Waals surface area contributed by atoms with Crippen LogP contribution in [0.15, 0.2) is 36.2 Å². The van der Waals surface area contributed by atoms with Crippen LogP contribution >= 0.6 is 0 Å². The summed E-state index contributed by atoms with van der Waals surface area (Å²) < 4.78 is 43.4. The van der Waals surface area contributed by atoms with Gasteiger partial charge in [-0.15, -0.1) is 0 Å². The minimum absolute atomic E-state index is 0.165. The van der Waals surface area contributed by atoms with E-state index in [0.717, 1.165) is 11.1 Å². The molecule has 1 aliphatic rings. The third kappa shape index (κ3) is 3.16. The van der Waals surface area contributed by atoms with E-state index < -0.39 is 30.6 Å². The van der Waals surface area contributed by atoms with E-state index in [4.69, 9.17) is 5.11 Å². The van der Waals surface area contributed by atoms with Crippen LogP contribution in [0.5, 0.6) is 0 Å². The Morgan fingerprint density at radius 2 is 2.00 bits per heavy atom. The molecule has 0 bridgehead atoms. The summed E-state index contributed by atoms with van der Waals surface area (Å²) in [6, 6.07) is 6.04. The molecule has 1 aromatic carbocycles. The second kappa shape index (κ2) is 6.27. The van der Waals surface area contributed by atoms with E-state index in [2.05, 4.69) is 10.1 Å². The smallest absolute Gasteiger partial charge is 0.432 e. The van der Waals surface area contributed by atoms with Gasteiger partial charge in [0.25, 0.3) is 0 Å². The number of aliphatic hydroxyl groups is 1. The van der Waals surface area contributed by atoms with Crippen LogP contribution in [0.4, 0.5) is 13.2 Å². The average Bonchev–Trinajstić information content (AvgIpc) is 2.91. The molecular formula is C14H15F3N2O3. The Labute approximate surface area is 125 Å². The molecule has 22 heavy (non-hydrogen) atoms. The fourth-order valence-corrected chi connectivity index (χ4v) is 2.27. The number of esters is 1. The number of nitrogens with one attached hydrogen (secondary N) is 1. The first-order chi connectivity index (χ1) is 10.4. The van der Waals surface area contributed by atoms with Gasteiger partial charge < -0.3 is 20.1 Å². The molecule has 1 atom stereocenters. The highest BCUT2D eigenvalue weighted by Crippen LogP contribution is 2.36. The maximum Gasteiger partial charge on any atom is 0.432 e. The normalized spacial score (nSPS) is 18.0. The summed E-state index contributed by atoms with van der Waals surface area (Å²) in [6.07, 6.45) is -4.38. The van der Waals surface area contributed by atoms with Crippen LogP contribution in [0, 0.1) is 0 Å². The zero-order valence-electron chi connectivity index (χ0n) is 11.7. The molecule has 1 aromatic rings. The number of halogens is 3. The zero-order chi connectivity index (χ0) is 16.3. The summed E-state index contributed by atoms with van der Waals surface area (Å²) in [6.45, 7) is -0.576. The van der Waals surface area contributed by atoms with Crippen LogP contribution in [0.2, 0.25) is 0 Å². The molecule has 2 rings (SSSR count). The summed E-state index contributed by atoms with van der Waals surface area (Å²) in [5, 5.41) is 11.6. The summed E-state index contributed by atoms with van der Waals surface area (Å²) in [5.41, 5.74) is 0.00200. The molecule has 0 fully saturated rings. The highest BCUT2D eigenvalue weighted by Gasteiger charge is 2.43. The van der Waals surface area contributed by atoms with E-state index in [1.54, 1.807) is 12.1 Å². The number of carbonyl (C=O) groups is 1. The minimum atomic E-state index is -4.51. The molecule has 1 heterocycles. The standard InChI is InChI=1S/C14H15F3N2O3/c1-22-13(21)10-4-2-9(3-5-10)12-18-8-11(14(15,16)17)19(12)6-7-20/h2-5,8,12,18,20H,6-7H2,1H3. The third-order valence-corrected chi connectivity index (χ3v) is 3.28. The minimum Gasteiger partial charge on any atom is -0.465 e. The number of aliphatic hydroxyl groups excluding tert-OH is 1. The zero-order valence-corrected chi connectivity index (χ0v) is 11.7. The van der Waals surface area contributed by atoms with Gasteiger partial charge >= 0.3 is 12.1 Å². The molecular weight excluding hydrogens is 301 g/mol. The quantitative estimate of drug-likeness (QED) is 0.829. The predicted molar refractivity (Wildman–Crippen MR) is 71.6 cm³/mol. The summed E-state index contributed by atoms with van der Waals surface area (Å²) in [7, 11) is 1.25. The van der Waals surface area contributed by atoms with Crippen molar-refractivity contribution >= 4 is 5.97 Å². The molecule has 0 radical (unpaired) electrons. The molecule has 0 aromatic heterocycles. The van der Waals surface area contributed by atoms with Crippen LogP contribution in [0.1, 0.15) is 22.1 Å². The summed E-state index contributed by atoms with van der Waals surface area (Å²) in [4.78, 5) is 12.4. The highest BCUT2D eigenvalue weighted by molar-refractivity contribution is 5.89. The number of benzene rings is 1. The Balaban J connectivity index is 2.23. The lowest BCUT2D eigenvalue weighted by molar-refractivity contribution is -0.113. The van der Waals surface area contributed by atoms with Gasteiger partial charge in [0.1, 0.15) is 11.9 Å². The number of methoxy groups -OCH3 is 1. The van der Waals surface area contributed by atoms with Gasteiger partial charge in [0.2, 0.25) is 0 Å². The Morgan fingerprint density at radius 1 is 1.36 bits per heavy atom. The Kier molecular flexibility index (Phi) is 4.60. The molecule has 0 amide bonds. The first kappa shape index (κ1) is 16.2. The van der Waals surface area contributed by atoms with Crippen LogP contribution in [0.25, 0.3) is 0 Å². The topological polar surface area (TPSA) is 61.8 Å². The average molecular weight is 316 g/mol. The van der Waals surface area contributed by atoms with E-state index >= 15 is 0 Å². The number of β-amino-alcohol motifs (C(OH)–C–C–N with tert-alkyl or cyclic N) is 1. The van der Waals surface area contributed by atoms with E-state index in [1.807, 2.05) is 0 Å². The van der Waals surface area contributed by atoms with Crippen molar-refractivity contribution in [1.82, 2.24) is 10.2 Å². The van der Waals surface area contributed by atoms with Crippen molar-refractivity contribution in [3.05, 3.63) is 47.3 Å². The third-order valence-electron chi connectivity index (χ3n) is 3.28. The van der Waals surface area contributed by atoms with E-state index in [0.29, 0.717) is 11.1 Å². The fraction of sp³-hybridized carbons (Fsp3) is 0.357. The van der Waals surface area contributed by atoms with Gasteiger partial charge in [-0.3, -0.25) is 0 Å². The molecule has 1 aliphatic heterocycles. The molecule has 0 saturated heterocycles. The van der Waals surface area contributed by atoms with Crippen molar-refractivity contribution in [3.63, 3.8) is 0 Å². The Bertz CT molecular complexity index is 570. The van der Waals surface area contributed by atoms with Crippen LogP contribution in [-0.2, 0) is 4.74 Å². The lowest BCUT2D eigenvalue weighted by atomic mass is 10.1. The molecule has 120 valence electrons. The first-order valence-electron chi connectivity index (χ1n) is 6.47. The van der Waals surface area contributed by atoms with Crippen molar-refractivity contribution < 1.29 is 27.8 Å². The van der Waals surface area contributed by atoms with Gasteiger partial charge in [-0.2, -0.15) is 13.2 Å². The molecule has 2 N–H and O–H groups in total. The number of hydrogen-bond donors (Lipinski definition) is 2. The Morgan fingerprint density at radius 3 is 2.50 bits per heavy atom. The van der Waals surface area contributed by atoms with Crippen molar-refractivity contribution in [2.45, 2.75) is 12.3 Å². The van der Waals surface area contributed by atoms with Gasteiger partial charge in [-0.05, 0) is 17.7 Å². The van der Waals surface area contributed by atoms with Gasteiger partial charge in [0, 0.05) is 12.7 Å². The van der Waals surface area contributed by atoms with Crippen molar-refractivity contribution in [3.8, 4) is 0 Å². The summed E-state index contributed by atoms with van der Waals surface area (Å²) in [5.74, 6) is -0.521. The van der Waals surface area contributed by atoms with Crippen LogP contribution in [-0.4, -0.2) is 42.4 Å². The second-order valence-corrected chi connectivity index (χ2v) is 4.63. The number of alkyl halides is 3. The lowest BCUT2D eigenvalue weighted by Crippen LogP contribution is -2.35. The predicted octanol–water partition coefficient (Wildman–Crippen LogP) is 1.77. The second-order valence-electron chi connectivity index (χ2n) is 4.63. The first-order valence-corrected chi connectivity index (χ1v) is 6.47. The largest absolute Gasteiger partial charge is 0.465 e. The highest BCUT2D eigenvalue weighted by atomic mass is 19.4. The molecule has 8 heteroatoms. The van der Waals surface area contributed by atoms with E-state index in [9.17, 15) is 18.0 Å². The number of ether oxygens (including phenoxy) is 1. The van der Waals surface area contributed by atoms with Gasteiger partial charge in [-0.25, -0.2) is 4.79 Å². The van der Waals surface area contributed by atoms with Crippen LogP contribution in [0.3, 0.4) is 0 Å². The van der Waals surface area contributed by atoms with Gasteiger partial charge in [0.15, 0.2) is 0 Å². The molecule has 0 saturated carbocycles. The van der Waals surface area contributed by atoms with Crippen molar-refractivity contribution in [2.75, 3.05) is 20.3 Å². The van der Waals surface area contributed by atoms with Crippen LogP contribution < -0.4 is 5.32 Å². The SMILES string of the molecule is COC(=O)c1ccc(C2NC=C(C(F)(F)F)N2CCO)cc1. The molecule has 1 unspecified atom stereocenters. The van der Waals surface area contributed by atoms with Gasteiger partial charge in [0.05, 0.1) is 19.3 Å². The number of nitrogens with zero attached hydrogens (tertiary/aromatic N) is 1. The molecule has 0 aliphatic carbocycles. The summed E-state index contributed by atoms with van der Waals surface area (Å²) >= 11 is 0. The number of allylic oxidation sites excluding steroid dienone is 1. The van der Waals surface area contributed by atoms with Crippen molar-refractivity contribution in [1.29, 1.82) is 0 Å². The maximum absolute atomic E-state index is 12.9. The lowest BCUT2D eigenvalue weighted by Gasteiger charge is -2.29. The Hall–Kier alpha value is -2.22. The maximum atomic E-state index is 12.9. The van der Waals surface area contributed by atoms with Gasteiger partial charge in [-0.1, -0.05) is 12.1 Å². The number of hydrogen-bond acceptors (Lipinski definition) is 5.